The number of hydrogen-bond acceptors (Lipinski definition) is 3. The molecule has 0 fully saturated rings. The molecule has 1 heterocycles. The zero-order chi connectivity index (χ0) is 18.2. The molecule has 3 rings (SSSR count). The molecule has 0 saturated carbocycles. The van der Waals surface area contributed by atoms with Gasteiger partial charge in [0.2, 0.25) is 0 Å². The molecule has 0 saturated heterocycles. The largest absolute Gasteiger partial charge is 0.416 e. The lowest BCUT2D eigenvalue weighted by Crippen LogP contribution is -2.19. The molecule has 2 aromatic carbocycles. The molecule has 0 aliphatic rings. The number of fused-ring (bicyclic) bond motifs is 1. The SMILES string of the molecule is Cc1c(Cl)ccc2sc(NC(=O)Nc3cccc(C(F)(F)F)c3)nc12. The van der Waals surface area contributed by atoms with Gasteiger partial charge in [0, 0.05) is 10.7 Å². The van der Waals surface area contributed by atoms with E-state index in [1.807, 2.05) is 6.92 Å². The van der Waals surface area contributed by atoms with E-state index in [2.05, 4.69) is 15.6 Å². The number of thiazole rings is 1. The monoisotopic (exact) mass is 385 g/mol. The number of rotatable bonds is 2. The fourth-order valence-electron chi connectivity index (χ4n) is 2.19. The van der Waals surface area contributed by atoms with Crippen molar-refractivity contribution in [1.82, 2.24) is 4.98 Å². The molecule has 0 radical (unpaired) electrons. The molecule has 2 amide bonds. The van der Waals surface area contributed by atoms with E-state index in [4.69, 9.17) is 11.6 Å². The smallest absolute Gasteiger partial charge is 0.308 e. The summed E-state index contributed by atoms with van der Waals surface area (Å²) in [6.07, 6.45) is -4.47. The molecule has 0 aliphatic heterocycles. The normalized spacial score (nSPS) is 11.6. The lowest BCUT2D eigenvalue weighted by Gasteiger charge is -2.09. The summed E-state index contributed by atoms with van der Waals surface area (Å²) < 4.78 is 38.9. The number of carbonyl (C=O) groups is 1. The zero-order valence-corrected chi connectivity index (χ0v) is 14.3. The van der Waals surface area contributed by atoms with Crippen molar-refractivity contribution in [3.63, 3.8) is 0 Å². The third-order valence-electron chi connectivity index (χ3n) is 3.42. The van der Waals surface area contributed by atoms with Crippen LogP contribution in [0.15, 0.2) is 36.4 Å². The van der Waals surface area contributed by atoms with Crippen molar-refractivity contribution in [2.24, 2.45) is 0 Å². The molecule has 0 aliphatic carbocycles. The first-order valence-corrected chi connectivity index (χ1v) is 8.24. The van der Waals surface area contributed by atoms with Crippen molar-refractivity contribution in [3.8, 4) is 0 Å². The predicted octanol–water partition coefficient (Wildman–Crippen LogP) is 5.92. The highest BCUT2D eigenvalue weighted by Crippen LogP contribution is 2.32. The number of anilines is 2. The number of benzene rings is 2. The highest BCUT2D eigenvalue weighted by molar-refractivity contribution is 7.22. The summed E-state index contributed by atoms with van der Waals surface area (Å²) in [6, 6.07) is 7.24. The lowest BCUT2D eigenvalue weighted by molar-refractivity contribution is -0.137. The standard InChI is InChI=1S/C16H11ClF3N3OS/c1-8-11(17)5-6-12-13(8)22-15(25-12)23-14(24)21-10-4-2-3-9(7-10)16(18,19)20/h2-7H,1H3,(H2,21,22,23,24). The molecule has 25 heavy (non-hydrogen) atoms. The third kappa shape index (κ3) is 3.85. The van der Waals surface area contributed by atoms with E-state index in [9.17, 15) is 18.0 Å². The Kier molecular flexibility index (Phi) is 4.57. The first-order valence-electron chi connectivity index (χ1n) is 7.05. The number of amides is 2. The van der Waals surface area contributed by atoms with Gasteiger partial charge in [-0.15, -0.1) is 0 Å². The summed E-state index contributed by atoms with van der Waals surface area (Å²) in [7, 11) is 0. The van der Waals surface area contributed by atoms with Crippen molar-refractivity contribution in [1.29, 1.82) is 0 Å². The molecule has 0 bridgehead atoms. The first kappa shape index (κ1) is 17.5. The summed E-state index contributed by atoms with van der Waals surface area (Å²) in [5.41, 5.74) is 0.664. The van der Waals surface area contributed by atoms with Gasteiger partial charge in [0.25, 0.3) is 0 Å². The quantitative estimate of drug-likeness (QED) is 0.575. The van der Waals surface area contributed by atoms with Crippen LogP contribution in [0.5, 0.6) is 0 Å². The van der Waals surface area contributed by atoms with Crippen molar-refractivity contribution >= 4 is 50.0 Å². The summed E-state index contributed by atoms with van der Waals surface area (Å²) in [5.74, 6) is 0. The van der Waals surface area contributed by atoms with Crippen LogP contribution in [0.4, 0.5) is 28.8 Å². The summed E-state index contributed by atoms with van der Waals surface area (Å²) in [5, 5.41) is 5.77. The van der Waals surface area contributed by atoms with Gasteiger partial charge in [-0.25, -0.2) is 9.78 Å². The number of alkyl halides is 3. The maximum absolute atomic E-state index is 12.7. The minimum absolute atomic E-state index is 0.0349. The molecule has 130 valence electrons. The van der Waals surface area contributed by atoms with Crippen LogP contribution in [0.2, 0.25) is 5.02 Å². The minimum atomic E-state index is -4.47. The molecule has 3 aromatic rings. The van der Waals surface area contributed by atoms with Gasteiger partial charge in [-0.3, -0.25) is 5.32 Å². The molecule has 0 spiro atoms. The van der Waals surface area contributed by atoms with Gasteiger partial charge in [0.1, 0.15) is 0 Å². The molecule has 0 unspecified atom stereocenters. The second-order valence-electron chi connectivity index (χ2n) is 5.20. The van der Waals surface area contributed by atoms with Crippen LogP contribution in [0, 0.1) is 6.92 Å². The third-order valence-corrected chi connectivity index (χ3v) is 4.76. The van der Waals surface area contributed by atoms with Gasteiger partial charge < -0.3 is 5.32 Å². The van der Waals surface area contributed by atoms with E-state index in [1.54, 1.807) is 12.1 Å². The Bertz CT molecular complexity index is 955. The van der Waals surface area contributed by atoms with Crippen molar-refractivity contribution in [2.75, 3.05) is 10.6 Å². The average molecular weight is 386 g/mol. The number of hydrogen-bond donors (Lipinski definition) is 2. The number of aryl methyl sites for hydroxylation is 1. The molecular weight excluding hydrogens is 375 g/mol. The second kappa shape index (κ2) is 6.53. The predicted molar refractivity (Wildman–Crippen MR) is 93.5 cm³/mol. The summed E-state index contributed by atoms with van der Waals surface area (Å²) >= 11 is 7.28. The van der Waals surface area contributed by atoms with Crippen LogP contribution in [-0.2, 0) is 6.18 Å². The first-order chi connectivity index (χ1) is 11.7. The highest BCUT2D eigenvalue weighted by Gasteiger charge is 2.30. The van der Waals surface area contributed by atoms with Gasteiger partial charge in [0.15, 0.2) is 5.13 Å². The Morgan fingerprint density at radius 3 is 2.68 bits per heavy atom. The number of urea groups is 1. The van der Waals surface area contributed by atoms with Gasteiger partial charge >= 0.3 is 12.2 Å². The Hall–Kier alpha value is -2.32. The fraction of sp³-hybridized carbons (Fsp3) is 0.125. The van der Waals surface area contributed by atoms with E-state index in [0.29, 0.717) is 15.7 Å². The number of nitrogens with zero attached hydrogens (tertiary/aromatic N) is 1. The van der Waals surface area contributed by atoms with Gasteiger partial charge in [-0.1, -0.05) is 29.0 Å². The minimum Gasteiger partial charge on any atom is -0.308 e. The van der Waals surface area contributed by atoms with Gasteiger partial charge in [-0.2, -0.15) is 13.2 Å². The molecule has 9 heteroatoms. The number of nitrogens with one attached hydrogen (secondary N) is 2. The number of carbonyl (C=O) groups excluding carboxylic acids is 1. The van der Waals surface area contributed by atoms with E-state index < -0.39 is 17.8 Å². The maximum Gasteiger partial charge on any atom is 0.416 e. The maximum atomic E-state index is 12.7. The summed E-state index contributed by atoms with van der Waals surface area (Å²) in [4.78, 5) is 16.3. The van der Waals surface area contributed by atoms with E-state index in [1.165, 1.54) is 23.5 Å². The summed E-state index contributed by atoms with van der Waals surface area (Å²) in [6.45, 7) is 1.82. The Labute approximate surface area is 149 Å². The molecule has 2 N–H and O–H groups in total. The van der Waals surface area contributed by atoms with Gasteiger partial charge in [-0.05, 0) is 42.8 Å². The van der Waals surface area contributed by atoms with Crippen molar-refractivity contribution in [2.45, 2.75) is 13.1 Å². The highest BCUT2D eigenvalue weighted by atomic mass is 35.5. The van der Waals surface area contributed by atoms with E-state index in [0.717, 1.165) is 22.4 Å². The zero-order valence-electron chi connectivity index (χ0n) is 12.7. The van der Waals surface area contributed by atoms with Crippen LogP contribution >= 0.6 is 22.9 Å². The van der Waals surface area contributed by atoms with Gasteiger partial charge in [0.05, 0.1) is 15.8 Å². The molecule has 4 nitrogen and oxygen atoms in total. The molecule has 1 aromatic heterocycles. The van der Waals surface area contributed by atoms with Crippen LogP contribution in [0.25, 0.3) is 10.2 Å². The molecular formula is C16H11ClF3N3OS. The lowest BCUT2D eigenvalue weighted by atomic mass is 10.2. The average Bonchev–Trinajstić information content (AvgIpc) is 2.93. The van der Waals surface area contributed by atoms with Crippen LogP contribution < -0.4 is 10.6 Å². The van der Waals surface area contributed by atoms with E-state index in [-0.39, 0.29) is 5.69 Å². The molecule has 0 atom stereocenters. The van der Waals surface area contributed by atoms with Crippen LogP contribution in [0.3, 0.4) is 0 Å². The van der Waals surface area contributed by atoms with Crippen molar-refractivity contribution in [3.05, 3.63) is 52.5 Å². The van der Waals surface area contributed by atoms with Crippen LogP contribution in [-0.4, -0.2) is 11.0 Å². The number of aromatic nitrogens is 1. The topological polar surface area (TPSA) is 54.0 Å². The fourth-order valence-corrected chi connectivity index (χ4v) is 3.26. The second-order valence-corrected chi connectivity index (χ2v) is 6.63. The Balaban J connectivity index is 1.76. The van der Waals surface area contributed by atoms with Crippen molar-refractivity contribution < 1.29 is 18.0 Å². The Morgan fingerprint density at radius 1 is 1.20 bits per heavy atom. The van der Waals surface area contributed by atoms with Crippen LogP contribution in [0.1, 0.15) is 11.1 Å². The number of halogens is 4. The van der Waals surface area contributed by atoms with E-state index >= 15 is 0 Å². The Morgan fingerprint density at radius 2 is 1.96 bits per heavy atom.